The zero-order valence-corrected chi connectivity index (χ0v) is 9.04. The molecule has 6 nitrogen and oxygen atoms in total. The van der Waals surface area contributed by atoms with Crippen molar-refractivity contribution >= 4 is 5.69 Å². The van der Waals surface area contributed by atoms with Crippen molar-refractivity contribution in [2.75, 3.05) is 6.61 Å². The number of aliphatic hydroxyl groups is 2. The van der Waals surface area contributed by atoms with Crippen molar-refractivity contribution in [2.24, 2.45) is 5.73 Å². The van der Waals surface area contributed by atoms with Crippen LogP contribution in [-0.4, -0.2) is 27.8 Å². The molecule has 2 unspecified atom stereocenters. The highest BCUT2D eigenvalue weighted by molar-refractivity contribution is 5.34. The van der Waals surface area contributed by atoms with Gasteiger partial charge >= 0.3 is 0 Å². The van der Waals surface area contributed by atoms with Gasteiger partial charge in [-0.25, -0.2) is 0 Å². The third-order valence-electron chi connectivity index (χ3n) is 2.06. The molecule has 7 heteroatoms. The second kappa shape index (κ2) is 6.39. The van der Waals surface area contributed by atoms with Crippen LogP contribution in [0.25, 0.3) is 0 Å². The van der Waals surface area contributed by atoms with Gasteiger partial charge in [-0.1, -0.05) is 0 Å². The number of hydrogen-bond acceptors (Lipinski definition) is 5. The Bertz CT molecular complexity index is 344. The summed E-state index contributed by atoms with van der Waals surface area (Å²) in [5, 5.41) is 28.6. The molecule has 0 amide bonds. The van der Waals surface area contributed by atoms with Crippen molar-refractivity contribution in [3.05, 3.63) is 39.9 Å². The molecule has 1 aromatic carbocycles. The van der Waals surface area contributed by atoms with E-state index in [0.717, 1.165) is 0 Å². The molecule has 0 spiro atoms. The van der Waals surface area contributed by atoms with E-state index in [1.807, 2.05) is 0 Å². The molecule has 0 aromatic heterocycles. The van der Waals surface area contributed by atoms with Gasteiger partial charge in [0.2, 0.25) is 0 Å². The lowest BCUT2D eigenvalue weighted by atomic mass is 10.0. The summed E-state index contributed by atoms with van der Waals surface area (Å²) in [7, 11) is 0. The van der Waals surface area contributed by atoms with Gasteiger partial charge in [-0.05, 0) is 17.7 Å². The first-order valence-electron chi connectivity index (χ1n) is 4.35. The van der Waals surface area contributed by atoms with E-state index in [4.69, 9.17) is 10.8 Å². The minimum atomic E-state index is -1.02. The smallest absolute Gasteiger partial charge is 0.269 e. The fourth-order valence-electron chi connectivity index (χ4n) is 1.14. The van der Waals surface area contributed by atoms with Crippen LogP contribution in [0.2, 0.25) is 0 Å². The SMILES string of the molecule is NC(CO)C(O)c1ccc([N+](=O)[O-])cc1.[Cl-]. The van der Waals surface area contributed by atoms with E-state index in [1.54, 1.807) is 0 Å². The summed E-state index contributed by atoms with van der Waals surface area (Å²) in [6, 6.07) is 4.61. The minimum Gasteiger partial charge on any atom is -1.00 e. The van der Waals surface area contributed by atoms with Crippen LogP contribution in [0.1, 0.15) is 11.7 Å². The van der Waals surface area contributed by atoms with Gasteiger partial charge in [0.1, 0.15) is 0 Å². The summed E-state index contributed by atoms with van der Waals surface area (Å²) in [6.07, 6.45) is -1.02. The monoisotopic (exact) mass is 247 g/mol. The van der Waals surface area contributed by atoms with Crippen LogP contribution in [0.4, 0.5) is 5.69 Å². The maximum absolute atomic E-state index is 10.4. The van der Waals surface area contributed by atoms with E-state index in [0.29, 0.717) is 5.56 Å². The molecule has 0 radical (unpaired) electrons. The number of nitro benzene ring substituents is 1. The van der Waals surface area contributed by atoms with Crippen LogP contribution in [0.5, 0.6) is 0 Å². The Morgan fingerprint density at radius 3 is 2.25 bits per heavy atom. The standard InChI is InChI=1S/C9H12N2O4.ClH/c10-8(5-12)9(13)6-1-3-7(4-2-6)11(14)15;/h1-4,8-9,12-13H,5,10H2;1H/p-1. The van der Waals surface area contributed by atoms with Gasteiger partial charge in [0.15, 0.2) is 0 Å². The van der Waals surface area contributed by atoms with Gasteiger partial charge in [-0.15, -0.1) is 0 Å². The molecule has 16 heavy (non-hydrogen) atoms. The average molecular weight is 248 g/mol. The summed E-state index contributed by atoms with van der Waals surface area (Å²) < 4.78 is 0. The Morgan fingerprint density at radius 2 is 1.88 bits per heavy atom. The fourth-order valence-corrected chi connectivity index (χ4v) is 1.14. The molecule has 0 aliphatic heterocycles. The van der Waals surface area contributed by atoms with Gasteiger partial charge < -0.3 is 28.4 Å². The fraction of sp³-hybridized carbons (Fsp3) is 0.333. The van der Waals surface area contributed by atoms with Crippen molar-refractivity contribution in [2.45, 2.75) is 12.1 Å². The van der Waals surface area contributed by atoms with Gasteiger partial charge in [0.05, 0.1) is 23.7 Å². The molecule has 2 atom stereocenters. The predicted molar refractivity (Wildman–Crippen MR) is 53.1 cm³/mol. The molecule has 0 fully saturated rings. The molecule has 0 aliphatic rings. The Balaban J connectivity index is 0.00000225. The Labute approximate surface area is 98.3 Å². The van der Waals surface area contributed by atoms with Crippen molar-refractivity contribution in [1.29, 1.82) is 0 Å². The molecule has 0 saturated heterocycles. The largest absolute Gasteiger partial charge is 1.00 e. The zero-order chi connectivity index (χ0) is 11.4. The first-order chi connectivity index (χ1) is 7.06. The van der Waals surface area contributed by atoms with Crippen molar-refractivity contribution < 1.29 is 27.5 Å². The van der Waals surface area contributed by atoms with E-state index < -0.39 is 17.1 Å². The molecule has 0 aliphatic carbocycles. The third-order valence-corrected chi connectivity index (χ3v) is 2.06. The lowest BCUT2D eigenvalue weighted by Gasteiger charge is -2.16. The number of nitrogens with zero attached hydrogens (tertiary/aromatic N) is 1. The minimum absolute atomic E-state index is 0. The summed E-state index contributed by atoms with van der Waals surface area (Å²) >= 11 is 0. The summed E-state index contributed by atoms with van der Waals surface area (Å²) in [4.78, 5) is 9.82. The van der Waals surface area contributed by atoms with Crippen LogP contribution < -0.4 is 18.1 Å². The Kier molecular flexibility index (Phi) is 5.91. The average Bonchev–Trinajstić information content (AvgIpc) is 2.27. The van der Waals surface area contributed by atoms with E-state index >= 15 is 0 Å². The molecule has 4 N–H and O–H groups in total. The molecule has 1 rings (SSSR count). The first-order valence-corrected chi connectivity index (χ1v) is 4.35. The van der Waals surface area contributed by atoms with E-state index in [2.05, 4.69) is 0 Å². The second-order valence-corrected chi connectivity index (χ2v) is 3.14. The highest BCUT2D eigenvalue weighted by atomic mass is 35.5. The van der Waals surface area contributed by atoms with Gasteiger partial charge in [0.25, 0.3) is 5.69 Å². The highest BCUT2D eigenvalue weighted by Gasteiger charge is 2.16. The number of nitro groups is 1. The summed E-state index contributed by atoms with van der Waals surface area (Å²) in [6.45, 7) is -0.349. The van der Waals surface area contributed by atoms with Gasteiger partial charge in [-0.3, -0.25) is 10.1 Å². The molecule has 0 heterocycles. The second-order valence-electron chi connectivity index (χ2n) is 3.14. The summed E-state index contributed by atoms with van der Waals surface area (Å²) in [5.41, 5.74) is 5.81. The van der Waals surface area contributed by atoms with E-state index in [1.165, 1.54) is 24.3 Å². The first kappa shape index (κ1) is 14.8. The van der Waals surface area contributed by atoms with E-state index in [-0.39, 0.29) is 24.7 Å². The molecule has 1 aromatic rings. The van der Waals surface area contributed by atoms with Crippen molar-refractivity contribution in [3.8, 4) is 0 Å². The number of aliphatic hydroxyl groups excluding tert-OH is 2. The van der Waals surface area contributed by atoms with Crippen LogP contribution in [0, 0.1) is 10.1 Å². The van der Waals surface area contributed by atoms with Gasteiger partial charge in [0, 0.05) is 12.1 Å². The molecule has 90 valence electrons. The number of benzene rings is 1. The quantitative estimate of drug-likeness (QED) is 0.387. The molecular formula is C9H12ClN2O4-. The topological polar surface area (TPSA) is 110 Å². The maximum atomic E-state index is 10.4. The van der Waals surface area contributed by atoms with Crippen molar-refractivity contribution in [1.82, 2.24) is 0 Å². The van der Waals surface area contributed by atoms with Crippen molar-refractivity contribution in [3.63, 3.8) is 0 Å². The van der Waals surface area contributed by atoms with Crippen LogP contribution in [0.3, 0.4) is 0 Å². The number of hydrogen-bond donors (Lipinski definition) is 3. The normalized spacial score (nSPS) is 13.7. The molecule has 0 bridgehead atoms. The highest BCUT2D eigenvalue weighted by Crippen LogP contribution is 2.19. The van der Waals surface area contributed by atoms with Crippen LogP contribution in [0.15, 0.2) is 24.3 Å². The van der Waals surface area contributed by atoms with Crippen LogP contribution >= 0.6 is 0 Å². The van der Waals surface area contributed by atoms with E-state index in [9.17, 15) is 15.2 Å². The van der Waals surface area contributed by atoms with Gasteiger partial charge in [-0.2, -0.15) is 0 Å². The third kappa shape index (κ3) is 3.42. The molecular weight excluding hydrogens is 236 g/mol. The Hall–Kier alpha value is -1.21. The zero-order valence-electron chi connectivity index (χ0n) is 8.28. The number of halogens is 1. The Morgan fingerprint density at radius 1 is 1.38 bits per heavy atom. The maximum Gasteiger partial charge on any atom is 0.269 e. The summed E-state index contributed by atoms with van der Waals surface area (Å²) in [5.74, 6) is 0. The lowest BCUT2D eigenvalue weighted by Crippen LogP contribution is -3.00. The lowest BCUT2D eigenvalue weighted by molar-refractivity contribution is -0.384. The molecule has 0 saturated carbocycles. The number of non-ortho nitro benzene ring substituents is 1. The van der Waals surface area contributed by atoms with Crippen LogP contribution in [-0.2, 0) is 0 Å². The number of rotatable bonds is 4. The predicted octanol–water partition coefficient (Wildman–Crippen LogP) is -3.05. The number of nitrogens with two attached hydrogens (primary N) is 1.